The highest BCUT2D eigenvalue weighted by molar-refractivity contribution is 5.66. The Morgan fingerprint density at radius 2 is 1.92 bits per heavy atom. The van der Waals surface area contributed by atoms with Gasteiger partial charge in [-0.25, -0.2) is 19.9 Å². The van der Waals surface area contributed by atoms with Gasteiger partial charge in [-0.05, 0) is 49.1 Å². The quantitative estimate of drug-likeness (QED) is 0.558. The average Bonchev–Trinajstić information content (AvgIpc) is 3.43. The predicted molar refractivity (Wildman–Crippen MR) is 130 cm³/mol. The molecule has 36 heavy (non-hydrogen) atoms. The van der Waals surface area contributed by atoms with Crippen LogP contribution in [-0.2, 0) is 7.05 Å². The van der Waals surface area contributed by atoms with Gasteiger partial charge in [-0.15, -0.1) is 0 Å². The summed E-state index contributed by atoms with van der Waals surface area (Å²) in [6.45, 7) is -0.121. The molecule has 0 amide bonds. The van der Waals surface area contributed by atoms with Gasteiger partial charge in [0, 0.05) is 62.8 Å². The Hall–Kier alpha value is -3.50. The largest absolute Gasteiger partial charge is 0.431 e. The van der Waals surface area contributed by atoms with Gasteiger partial charge in [0.2, 0.25) is 11.9 Å². The Bertz CT molecular complexity index is 1300. The lowest BCUT2D eigenvalue weighted by Crippen LogP contribution is -2.33. The molecule has 2 aliphatic carbocycles. The Morgan fingerprint density at radius 1 is 1.08 bits per heavy atom. The number of aryl methyl sites for hydroxylation is 1. The van der Waals surface area contributed by atoms with Crippen LogP contribution in [0.25, 0.3) is 11.3 Å². The van der Waals surface area contributed by atoms with Gasteiger partial charge in [-0.2, -0.15) is 8.78 Å². The second kappa shape index (κ2) is 8.01. The van der Waals surface area contributed by atoms with Gasteiger partial charge in [-0.1, -0.05) is 0 Å². The zero-order chi connectivity index (χ0) is 24.6. The van der Waals surface area contributed by atoms with E-state index in [1.54, 1.807) is 6.20 Å². The minimum absolute atomic E-state index is 0.0727. The third-order valence-corrected chi connectivity index (χ3v) is 8.41. The summed E-state index contributed by atoms with van der Waals surface area (Å²) in [4.78, 5) is 23.2. The van der Waals surface area contributed by atoms with Crippen molar-refractivity contribution in [2.75, 3.05) is 35.2 Å². The third-order valence-electron chi connectivity index (χ3n) is 8.41. The van der Waals surface area contributed by atoms with Crippen LogP contribution < -0.4 is 20.3 Å². The van der Waals surface area contributed by atoms with Crippen molar-refractivity contribution in [1.29, 1.82) is 0 Å². The van der Waals surface area contributed by atoms with E-state index in [1.807, 2.05) is 25.5 Å². The van der Waals surface area contributed by atoms with Crippen molar-refractivity contribution in [2.24, 2.45) is 24.8 Å². The van der Waals surface area contributed by atoms with E-state index in [0.29, 0.717) is 41.0 Å². The highest BCUT2D eigenvalue weighted by atomic mass is 19.3. The molecule has 188 valence electrons. The normalized spacial score (nSPS) is 28.3. The highest BCUT2D eigenvalue weighted by Crippen LogP contribution is 2.58. The van der Waals surface area contributed by atoms with E-state index in [0.717, 1.165) is 43.6 Å². The molecule has 11 heteroatoms. The number of nitrogens with zero attached hydrogens (tertiary/aromatic N) is 7. The number of alkyl halides is 2. The molecule has 2 saturated carbocycles. The maximum absolute atomic E-state index is 12.9. The van der Waals surface area contributed by atoms with Gasteiger partial charge >= 0.3 is 6.61 Å². The van der Waals surface area contributed by atoms with Crippen LogP contribution >= 0.6 is 0 Å². The number of ether oxygens (including phenoxy) is 1. The van der Waals surface area contributed by atoms with Crippen LogP contribution in [-0.4, -0.2) is 56.8 Å². The third kappa shape index (κ3) is 3.55. The Labute approximate surface area is 207 Å². The van der Waals surface area contributed by atoms with E-state index in [-0.39, 0.29) is 11.6 Å². The second-order valence-corrected chi connectivity index (χ2v) is 10.5. The predicted octanol–water partition coefficient (Wildman–Crippen LogP) is 3.29. The van der Waals surface area contributed by atoms with Crippen LogP contribution in [0, 0.1) is 17.8 Å². The fourth-order valence-electron chi connectivity index (χ4n) is 6.65. The van der Waals surface area contributed by atoms with E-state index in [4.69, 9.17) is 15.7 Å². The lowest BCUT2D eigenvalue weighted by Gasteiger charge is -2.28. The topological polar surface area (TPSA) is 98.2 Å². The molecule has 3 unspecified atom stereocenters. The number of anilines is 3. The summed E-state index contributed by atoms with van der Waals surface area (Å²) in [5.41, 5.74) is 8.05. The summed E-state index contributed by atoms with van der Waals surface area (Å²) in [6, 6.07) is 3.96. The number of nitrogens with two attached hydrogens (primary N) is 1. The van der Waals surface area contributed by atoms with Crippen molar-refractivity contribution < 1.29 is 13.5 Å². The number of aromatic nitrogens is 5. The number of pyridine rings is 1. The van der Waals surface area contributed by atoms with Crippen LogP contribution in [0.5, 0.6) is 5.75 Å². The molecule has 4 aliphatic rings. The van der Waals surface area contributed by atoms with Crippen LogP contribution in [0.1, 0.15) is 30.9 Å². The Kier molecular flexibility index (Phi) is 4.84. The monoisotopic (exact) mass is 494 g/mol. The summed E-state index contributed by atoms with van der Waals surface area (Å²) >= 11 is 0. The number of hydrogen-bond donors (Lipinski definition) is 1. The van der Waals surface area contributed by atoms with Crippen LogP contribution in [0.4, 0.5) is 26.5 Å². The zero-order valence-corrected chi connectivity index (χ0v) is 20.0. The van der Waals surface area contributed by atoms with E-state index < -0.39 is 6.61 Å². The Morgan fingerprint density at radius 3 is 2.58 bits per heavy atom. The van der Waals surface area contributed by atoms with Gasteiger partial charge < -0.3 is 24.8 Å². The number of piperidine rings is 2. The van der Waals surface area contributed by atoms with Crippen LogP contribution in [0.2, 0.25) is 0 Å². The minimum atomic E-state index is -2.98. The molecule has 0 spiro atoms. The van der Waals surface area contributed by atoms with E-state index >= 15 is 0 Å². The molecule has 0 radical (unpaired) electrons. The van der Waals surface area contributed by atoms with Crippen molar-refractivity contribution >= 4 is 17.7 Å². The fraction of sp³-hybridized carbons (Fsp3) is 0.520. The molecular weight excluding hydrogens is 466 g/mol. The van der Waals surface area contributed by atoms with Gasteiger partial charge in [-0.3, -0.25) is 0 Å². The molecular formula is C25H28F2N8O. The maximum Gasteiger partial charge on any atom is 0.387 e. The van der Waals surface area contributed by atoms with Crippen molar-refractivity contribution in [3.8, 4) is 17.0 Å². The first kappa shape index (κ1) is 21.8. The van der Waals surface area contributed by atoms with Crippen molar-refractivity contribution in [2.45, 2.75) is 37.8 Å². The average molecular weight is 495 g/mol. The lowest BCUT2D eigenvalue weighted by atomic mass is 10.1. The molecule has 9 nitrogen and oxygen atoms in total. The second-order valence-electron chi connectivity index (χ2n) is 10.5. The molecule has 2 bridgehead atoms. The number of hydrogen-bond acceptors (Lipinski definition) is 8. The van der Waals surface area contributed by atoms with Crippen LogP contribution in [0.15, 0.2) is 30.7 Å². The smallest absolute Gasteiger partial charge is 0.387 e. The standard InChI is InChI=1S/C25H28F2N8O/c1-33-5-4-29-25(33)34-11-16-17(12-34)21(16)19-8-18(14-7-20(36-23(26)27)22(28)30-9-14)31-24(32-19)35-10-13-2-3-15(35)6-13/h4-5,7-9,13,15-17,21,23H,2-3,6,10-12H2,1H3,(H2,28,30)/t13?,15?,16-,17+,21?. The molecule has 3 aromatic heterocycles. The van der Waals surface area contributed by atoms with Gasteiger partial charge in [0.05, 0.1) is 11.4 Å². The molecule has 5 heterocycles. The van der Waals surface area contributed by atoms with E-state index in [9.17, 15) is 8.78 Å². The molecule has 2 N–H and O–H groups in total. The Balaban J connectivity index is 1.22. The summed E-state index contributed by atoms with van der Waals surface area (Å²) < 4.78 is 32.5. The van der Waals surface area contributed by atoms with Gasteiger partial charge in [0.15, 0.2) is 11.6 Å². The number of nitrogen functional groups attached to an aromatic ring is 1. The number of halogens is 2. The SMILES string of the molecule is Cn1ccnc1N1C[C@@H]2C(c3cc(-c4cnc(N)c(OC(F)F)c4)nc(N4CC5CCC4C5)n3)[C@@H]2C1. The first-order chi connectivity index (χ1) is 17.4. The summed E-state index contributed by atoms with van der Waals surface area (Å²) in [6.07, 6.45) is 8.98. The number of fused-ring (bicyclic) bond motifs is 3. The van der Waals surface area contributed by atoms with Crippen molar-refractivity contribution in [3.05, 3.63) is 36.4 Å². The fourth-order valence-corrected chi connectivity index (χ4v) is 6.65. The molecule has 3 aromatic rings. The van der Waals surface area contributed by atoms with Gasteiger partial charge in [0.1, 0.15) is 0 Å². The number of rotatable bonds is 6. The summed E-state index contributed by atoms with van der Waals surface area (Å²) in [5.74, 6) is 3.58. The maximum atomic E-state index is 12.9. The van der Waals surface area contributed by atoms with Gasteiger partial charge in [0.25, 0.3) is 0 Å². The van der Waals surface area contributed by atoms with E-state index in [1.165, 1.54) is 18.9 Å². The first-order valence-electron chi connectivity index (χ1n) is 12.5. The van der Waals surface area contributed by atoms with Crippen LogP contribution in [0.3, 0.4) is 0 Å². The van der Waals surface area contributed by atoms with Crippen molar-refractivity contribution in [3.63, 3.8) is 0 Å². The molecule has 7 rings (SSSR count). The molecule has 2 saturated heterocycles. The first-order valence-corrected chi connectivity index (χ1v) is 12.5. The molecule has 5 atom stereocenters. The number of imidazole rings is 1. The highest BCUT2D eigenvalue weighted by Gasteiger charge is 2.58. The molecule has 2 aliphatic heterocycles. The summed E-state index contributed by atoms with van der Waals surface area (Å²) in [5, 5.41) is 0. The van der Waals surface area contributed by atoms with E-state index in [2.05, 4.69) is 29.1 Å². The lowest BCUT2D eigenvalue weighted by molar-refractivity contribution is -0.0494. The minimum Gasteiger partial charge on any atom is -0.431 e. The summed E-state index contributed by atoms with van der Waals surface area (Å²) in [7, 11) is 2.02. The van der Waals surface area contributed by atoms with Crippen molar-refractivity contribution in [1.82, 2.24) is 24.5 Å². The molecule has 4 fully saturated rings. The molecule has 0 aromatic carbocycles. The zero-order valence-electron chi connectivity index (χ0n) is 20.0.